The predicted molar refractivity (Wildman–Crippen MR) is 32.9 cm³/mol. The molecule has 1 N–H and O–H groups in total. The van der Waals surface area contributed by atoms with Crippen molar-refractivity contribution in [1.29, 1.82) is 0 Å². The first-order valence-electron chi connectivity index (χ1n) is 2.01. The van der Waals surface area contributed by atoms with Gasteiger partial charge in [-0.3, -0.25) is 0 Å². The first-order chi connectivity index (χ1) is 3.00. The Hall–Kier alpha value is 0.270. The molecule has 1 aliphatic rings. The lowest BCUT2D eigenvalue weighted by Gasteiger charge is -2.07. The molecule has 0 spiro atoms. The minimum Gasteiger partial charge on any atom is -0.301 e. The van der Waals surface area contributed by atoms with Crippen LogP contribution >= 0.6 is 12.2 Å². The molecule has 0 radical (unpaired) electrons. The van der Waals surface area contributed by atoms with Crippen LogP contribution in [0.2, 0.25) is 0 Å². The van der Waals surface area contributed by atoms with E-state index in [1.54, 1.807) is 0 Å². The van der Waals surface area contributed by atoms with Gasteiger partial charge in [0, 0.05) is 6.54 Å². The Morgan fingerprint density at radius 3 is 2.57 bits per heavy atom. The van der Waals surface area contributed by atoms with Gasteiger partial charge in [0.25, 0.3) is 0 Å². The molecular weight excluding hydrogens is 110 g/mol. The summed E-state index contributed by atoms with van der Waals surface area (Å²) in [5, 5.41) is 0. The van der Waals surface area contributed by atoms with Crippen LogP contribution in [0.1, 0.15) is 13.8 Å². The summed E-state index contributed by atoms with van der Waals surface area (Å²) in [6, 6.07) is 0. The second kappa shape index (κ2) is 4.43. The molecule has 0 saturated carbocycles. The quantitative estimate of drug-likeness (QED) is 0.384. The molecule has 1 fully saturated rings. The number of hydrogen-bond acceptors (Lipinski definition) is 3. The van der Waals surface area contributed by atoms with E-state index >= 15 is 0 Å². The van der Waals surface area contributed by atoms with Gasteiger partial charge < -0.3 is 4.18 Å². The van der Waals surface area contributed by atoms with Crippen LogP contribution in [-0.2, 0) is 4.18 Å². The summed E-state index contributed by atoms with van der Waals surface area (Å²) in [6.45, 7) is 1.99. The standard InChI is InChI=1S/C3H7NOS.CH4/c1-2-4-6-5-3-1;/h4H,1-3H2;1H4. The van der Waals surface area contributed by atoms with Crippen molar-refractivity contribution in [2.75, 3.05) is 13.2 Å². The monoisotopic (exact) mass is 121 g/mol. The highest BCUT2D eigenvalue weighted by molar-refractivity contribution is 7.92. The first-order valence-corrected chi connectivity index (χ1v) is 2.75. The van der Waals surface area contributed by atoms with Crippen molar-refractivity contribution in [1.82, 2.24) is 4.72 Å². The van der Waals surface area contributed by atoms with Crippen LogP contribution in [0, 0.1) is 0 Å². The molecule has 0 aromatic carbocycles. The summed E-state index contributed by atoms with van der Waals surface area (Å²) in [5.74, 6) is 0. The van der Waals surface area contributed by atoms with Gasteiger partial charge in [0.1, 0.15) is 0 Å². The van der Waals surface area contributed by atoms with Gasteiger partial charge in [-0.05, 0) is 6.42 Å². The average Bonchev–Trinajstić information content (AvgIpc) is 1.72. The third-order valence-corrected chi connectivity index (χ3v) is 1.23. The van der Waals surface area contributed by atoms with Crippen molar-refractivity contribution < 1.29 is 4.18 Å². The van der Waals surface area contributed by atoms with Crippen molar-refractivity contribution in [3.63, 3.8) is 0 Å². The molecule has 0 aromatic heterocycles. The van der Waals surface area contributed by atoms with Gasteiger partial charge in [0.05, 0.1) is 18.8 Å². The van der Waals surface area contributed by atoms with Gasteiger partial charge in [-0.15, -0.1) is 0 Å². The zero-order valence-corrected chi connectivity index (χ0v) is 4.25. The van der Waals surface area contributed by atoms with Gasteiger partial charge in [-0.2, -0.15) is 0 Å². The third kappa shape index (κ3) is 2.91. The van der Waals surface area contributed by atoms with E-state index in [0.29, 0.717) is 0 Å². The van der Waals surface area contributed by atoms with Crippen LogP contribution in [0.15, 0.2) is 0 Å². The van der Waals surface area contributed by atoms with E-state index in [1.807, 2.05) is 0 Å². The fraction of sp³-hybridized carbons (Fsp3) is 1.00. The maximum atomic E-state index is 4.88. The molecule has 0 unspecified atom stereocenters. The second-order valence-electron chi connectivity index (χ2n) is 1.15. The van der Waals surface area contributed by atoms with Crippen LogP contribution in [0.4, 0.5) is 0 Å². The van der Waals surface area contributed by atoms with Crippen molar-refractivity contribution in [3.8, 4) is 0 Å². The molecule has 1 rings (SSSR count). The molecule has 0 atom stereocenters. The summed E-state index contributed by atoms with van der Waals surface area (Å²) in [7, 11) is 0. The molecule has 1 heterocycles. The number of rotatable bonds is 0. The van der Waals surface area contributed by atoms with Crippen molar-refractivity contribution in [3.05, 3.63) is 0 Å². The second-order valence-corrected chi connectivity index (χ2v) is 1.84. The predicted octanol–water partition coefficient (Wildman–Crippen LogP) is 1.20. The maximum Gasteiger partial charge on any atom is 0.0788 e. The highest BCUT2D eigenvalue weighted by Crippen LogP contribution is 2.01. The van der Waals surface area contributed by atoms with E-state index in [1.165, 1.54) is 12.2 Å². The summed E-state index contributed by atoms with van der Waals surface area (Å²) in [4.78, 5) is 0. The van der Waals surface area contributed by atoms with Crippen molar-refractivity contribution >= 4 is 12.2 Å². The van der Waals surface area contributed by atoms with Gasteiger partial charge in [-0.25, -0.2) is 4.72 Å². The first kappa shape index (κ1) is 7.27. The van der Waals surface area contributed by atoms with E-state index < -0.39 is 0 Å². The molecule has 2 nitrogen and oxygen atoms in total. The smallest absolute Gasteiger partial charge is 0.0788 e. The SMILES string of the molecule is C.C1CNSOC1. The molecule has 44 valence electrons. The van der Waals surface area contributed by atoms with Crippen LogP contribution in [0.5, 0.6) is 0 Å². The maximum absolute atomic E-state index is 4.88. The lowest BCUT2D eigenvalue weighted by atomic mass is 10.5. The molecule has 0 bridgehead atoms. The Kier molecular flexibility index (Phi) is 4.60. The highest BCUT2D eigenvalue weighted by atomic mass is 32.2. The van der Waals surface area contributed by atoms with Gasteiger partial charge in [0.15, 0.2) is 0 Å². The van der Waals surface area contributed by atoms with E-state index in [0.717, 1.165) is 19.6 Å². The molecule has 0 aromatic rings. The fourth-order valence-electron chi connectivity index (χ4n) is 0.328. The van der Waals surface area contributed by atoms with E-state index in [4.69, 9.17) is 4.18 Å². The van der Waals surface area contributed by atoms with Gasteiger partial charge in [0.2, 0.25) is 0 Å². The highest BCUT2D eigenvalue weighted by Gasteiger charge is 1.94. The van der Waals surface area contributed by atoms with Gasteiger partial charge in [-0.1, -0.05) is 7.43 Å². The summed E-state index contributed by atoms with van der Waals surface area (Å²) in [6.07, 6.45) is 1.15. The summed E-state index contributed by atoms with van der Waals surface area (Å²) >= 11 is 1.34. The van der Waals surface area contributed by atoms with Crippen molar-refractivity contribution in [2.24, 2.45) is 0 Å². The Morgan fingerprint density at radius 1 is 1.57 bits per heavy atom. The normalized spacial score (nSPS) is 20.6. The van der Waals surface area contributed by atoms with Crippen LogP contribution in [0.3, 0.4) is 0 Å². The van der Waals surface area contributed by atoms with Crippen molar-refractivity contribution in [2.45, 2.75) is 13.8 Å². The molecule has 1 saturated heterocycles. The molecule has 0 amide bonds. The average molecular weight is 121 g/mol. The lowest BCUT2D eigenvalue weighted by molar-refractivity contribution is 0.342. The van der Waals surface area contributed by atoms with E-state index in [9.17, 15) is 0 Å². The summed E-state index contributed by atoms with van der Waals surface area (Å²) < 4.78 is 7.85. The van der Waals surface area contributed by atoms with E-state index in [-0.39, 0.29) is 7.43 Å². The Bertz CT molecular complexity index is 27.2. The number of hydrogen-bond donors (Lipinski definition) is 1. The minimum atomic E-state index is 0. The topological polar surface area (TPSA) is 21.3 Å². The molecule has 3 heteroatoms. The number of nitrogens with one attached hydrogen (secondary N) is 1. The molecule has 1 aliphatic heterocycles. The van der Waals surface area contributed by atoms with Gasteiger partial charge >= 0.3 is 0 Å². The zero-order chi connectivity index (χ0) is 4.24. The lowest BCUT2D eigenvalue weighted by Crippen LogP contribution is -2.14. The molecular formula is C4H11NOS. The third-order valence-electron chi connectivity index (χ3n) is 0.624. The Morgan fingerprint density at radius 2 is 2.43 bits per heavy atom. The molecule has 0 aliphatic carbocycles. The van der Waals surface area contributed by atoms with E-state index in [2.05, 4.69) is 4.72 Å². The molecule has 7 heavy (non-hydrogen) atoms. The van der Waals surface area contributed by atoms with Crippen LogP contribution < -0.4 is 4.72 Å². The Labute approximate surface area is 49.0 Å². The fourth-order valence-corrected chi connectivity index (χ4v) is 0.840. The Balaban J connectivity index is 0.000000360. The van der Waals surface area contributed by atoms with Crippen LogP contribution in [0.25, 0.3) is 0 Å². The summed E-state index contributed by atoms with van der Waals surface area (Å²) in [5.41, 5.74) is 0. The minimum absolute atomic E-state index is 0. The van der Waals surface area contributed by atoms with Crippen LogP contribution in [-0.4, -0.2) is 13.2 Å². The zero-order valence-electron chi connectivity index (χ0n) is 3.44. The largest absolute Gasteiger partial charge is 0.301 e.